The van der Waals surface area contributed by atoms with Crippen molar-refractivity contribution >= 4 is 28.9 Å². The highest BCUT2D eigenvalue weighted by Gasteiger charge is 2.23. The standard InChI is InChI=1S/C14H19Cl2NO/c1-2-9-5-3-4-6-13(9)17-10-7-11(15)14(18)12(16)8-10/h7-9,13,17-18H,2-6H2,1H3. The molecule has 2 nitrogen and oxygen atoms in total. The molecule has 2 unspecified atom stereocenters. The first-order chi connectivity index (χ1) is 8.61. The van der Waals surface area contributed by atoms with E-state index in [1.807, 2.05) is 0 Å². The van der Waals surface area contributed by atoms with Crippen LogP contribution in [-0.4, -0.2) is 11.1 Å². The van der Waals surface area contributed by atoms with Crippen LogP contribution in [0.1, 0.15) is 39.0 Å². The zero-order valence-corrected chi connectivity index (χ0v) is 12.1. The van der Waals surface area contributed by atoms with Crippen molar-refractivity contribution in [3.8, 4) is 5.75 Å². The van der Waals surface area contributed by atoms with E-state index in [9.17, 15) is 5.11 Å². The lowest BCUT2D eigenvalue weighted by Gasteiger charge is -2.32. The summed E-state index contributed by atoms with van der Waals surface area (Å²) < 4.78 is 0. The summed E-state index contributed by atoms with van der Waals surface area (Å²) in [6.45, 7) is 2.24. The van der Waals surface area contributed by atoms with Gasteiger partial charge in [0, 0.05) is 11.7 Å². The Morgan fingerprint density at radius 3 is 2.44 bits per heavy atom. The third-order valence-corrected chi connectivity index (χ3v) is 4.38. The monoisotopic (exact) mass is 287 g/mol. The summed E-state index contributed by atoms with van der Waals surface area (Å²) in [5, 5.41) is 13.7. The summed E-state index contributed by atoms with van der Waals surface area (Å²) in [5.41, 5.74) is 0.896. The van der Waals surface area contributed by atoms with Gasteiger partial charge in [0.1, 0.15) is 0 Å². The molecule has 0 saturated heterocycles. The van der Waals surface area contributed by atoms with E-state index in [0.717, 1.165) is 5.69 Å². The SMILES string of the molecule is CCC1CCCCC1Nc1cc(Cl)c(O)c(Cl)c1. The first kappa shape index (κ1) is 13.8. The highest BCUT2D eigenvalue weighted by atomic mass is 35.5. The molecule has 2 N–H and O–H groups in total. The van der Waals surface area contributed by atoms with E-state index in [4.69, 9.17) is 23.2 Å². The molecule has 1 aromatic carbocycles. The molecule has 0 amide bonds. The first-order valence-electron chi connectivity index (χ1n) is 6.56. The predicted octanol–water partition coefficient (Wildman–Crippen LogP) is 5.08. The van der Waals surface area contributed by atoms with E-state index in [1.54, 1.807) is 12.1 Å². The Hall–Kier alpha value is -0.600. The fraction of sp³-hybridized carbons (Fsp3) is 0.571. The van der Waals surface area contributed by atoms with Crippen molar-refractivity contribution in [3.05, 3.63) is 22.2 Å². The number of benzene rings is 1. The molecule has 0 heterocycles. The molecule has 0 aliphatic heterocycles. The molecule has 1 aliphatic rings. The minimum atomic E-state index is -0.0421. The summed E-state index contributed by atoms with van der Waals surface area (Å²) in [6.07, 6.45) is 6.26. The summed E-state index contributed by atoms with van der Waals surface area (Å²) in [6, 6.07) is 3.97. The van der Waals surface area contributed by atoms with Crippen molar-refractivity contribution in [2.75, 3.05) is 5.32 Å². The van der Waals surface area contributed by atoms with Crippen molar-refractivity contribution in [2.24, 2.45) is 5.92 Å². The smallest absolute Gasteiger partial charge is 0.152 e. The Bertz CT molecular complexity index is 399. The average molecular weight is 288 g/mol. The molecule has 100 valence electrons. The van der Waals surface area contributed by atoms with Crippen LogP contribution in [0.25, 0.3) is 0 Å². The van der Waals surface area contributed by atoms with Gasteiger partial charge in [0.25, 0.3) is 0 Å². The number of aromatic hydroxyl groups is 1. The molecule has 0 spiro atoms. The Morgan fingerprint density at radius 1 is 1.22 bits per heavy atom. The van der Waals surface area contributed by atoms with Gasteiger partial charge in [0.15, 0.2) is 5.75 Å². The number of rotatable bonds is 3. The summed E-state index contributed by atoms with van der Waals surface area (Å²) in [7, 11) is 0. The second kappa shape index (κ2) is 6.03. The second-order valence-corrected chi connectivity index (χ2v) is 5.81. The Labute approximate surface area is 118 Å². The summed E-state index contributed by atoms with van der Waals surface area (Å²) in [4.78, 5) is 0. The summed E-state index contributed by atoms with van der Waals surface area (Å²) >= 11 is 11.9. The lowest BCUT2D eigenvalue weighted by molar-refractivity contribution is 0.317. The zero-order valence-electron chi connectivity index (χ0n) is 10.5. The van der Waals surface area contributed by atoms with Crippen molar-refractivity contribution in [2.45, 2.75) is 45.1 Å². The van der Waals surface area contributed by atoms with Crippen LogP contribution in [0.5, 0.6) is 5.75 Å². The normalized spacial score (nSPS) is 23.9. The van der Waals surface area contributed by atoms with Crippen LogP contribution >= 0.6 is 23.2 Å². The van der Waals surface area contributed by atoms with Crippen molar-refractivity contribution < 1.29 is 5.11 Å². The second-order valence-electron chi connectivity index (χ2n) is 4.99. The Kier molecular flexibility index (Phi) is 4.63. The maximum Gasteiger partial charge on any atom is 0.152 e. The number of hydrogen-bond donors (Lipinski definition) is 2. The van der Waals surface area contributed by atoms with E-state index in [0.29, 0.717) is 22.0 Å². The minimum Gasteiger partial charge on any atom is -0.505 e. The number of phenols is 1. The number of phenolic OH excluding ortho intramolecular Hbond substituents is 1. The van der Waals surface area contributed by atoms with Crippen molar-refractivity contribution in [3.63, 3.8) is 0 Å². The largest absolute Gasteiger partial charge is 0.505 e. The maximum absolute atomic E-state index is 9.54. The highest BCUT2D eigenvalue weighted by molar-refractivity contribution is 6.37. The van der Waals surface area contributed by atoms with E-state index < -0.39 is 0 Å². The van der Waals surface area contributed by atoms with Crippen molar-refractivity contribution in [1.82, 2.24) is 0 Å². The van der Waals surface area contributed by atoms with Gasteiger partial charge in [-0.2, -0.15) is 0 Å². The van der Waals surface area contributed by atoms with Gasteiger partial charge in [0.2, 0.25) is 0 Å². The van der Waals surface area contributed by atoms with Gasteiger partial charge >= 0.3 is 0 Å². The van der Waals surface area contributed by atoms with Crippen LogP contribution in [0.3, 0.4) is 0 Å². The topological polar surface area (TPSA) is 32.3 Å². The van der Waals surface area contributed by atoms with E-state index >= 15 is 0 Å². The number of hydrogen-bond acceptors (Lipinski definition) is 2. The molecule has 0 radical (unpaired) electrons. The molecule has 4 heteroatoms. The van der Waals surface area contributed by atoms with Crippen LogP contribution in [-0.2, 0) is 0 Å². The van der Waals surface area contributed by atoms with Gasteiger partial charge < -0.3 is 10.4 Å². The zero-order chi connectivity index (χ0) is 13.1. The molecule has 18 heavy (non-hydrogen) atoms. The van der Waals surface area contributed by atoms with E-state index in [1.165, 1.54) is 32.1 Å². The van der Waals surface area contributed by atoms with Gasteiger partial charge in [-0.1, -0.05) is 49.4 Å². The van der Waals surface area contributed by atoms with Crippen LogP contribution < -0.4 is 5.32 Å². The third-order valence-electron chi connectivity index (χ3n) is 3.80. The fourth-order valence-electron chi connectivity index (χ4n) is 2.75. The quantitative estimate of drug-likeness (QED) is 0.760. The van der Waals surface area contributed by atoms with Crippen LogP contribution in [0.15, 0.2) is 12.1 Å². The number of halogens is 2. The fourth-order valence-corrected chi connectivity index (χ4v) is 3.24. The van der Waals surface area contributed by atoms with Gasteiger partial charge in [0.05, 0.1) is 10.0 Å². The summed E-state index contributed by atoms with van der Waals surface area (Å²) in [5.74, 6) is 0.671. The van der Waals surface area contributed by atoms with E-state index in [-0.39, 0.29) is 5.75 Å². The third kappa shape index (κ3) is 3.04. The molecule has 2 atom stereocenters. The molecule has 1 saturated carbocycles. The van der Waals surface area contributed by atoms with Gasteiger partial charge in [-0.25, -0.2) is 0 Å². The maximum atomic E-state index is 9.54. The van der Waals surface area contributed by atoms with Crippen LogP contribution in [0.4, 0.5) is 5.69 Å². The molecule has 1 aromatic rings. The molecule has 0 bridgehead atoms. The first-order valence-corrected chi connectivity index (χ1v) is 7.32. The molecular weight excluding hydrogens is 269 g/mol. The van der Waals surface area contributed by atoms with Gasteiger partial charge in [-0.15, -0.1) is 0 Å². The molecular formula is C14H19Cl2NO. The van der Waals surface area contributed by atoms with Crippen molar-refractivity contribution in [1.29, 1.82) is 0 Å². The predicted molar refractivity (Wildman–Crippen MR) is 77.8 cm³/mol. The molecule has 0 aromatic heterocycles. The van der Waals surface area contributed by atoms with Crippen LogP contribution in [0.2, 0.25) is 10.0 Å². The molecule has 1 aliphatic carbocycles. The van der Waals surface area contributed by atoms with Gasteiger partial charge in [-0.05, 0) is 30.9 Å². The highest BCUT2D eigenvalue weighted by Crippen LogP contribution is 2.36. The lowest BCUT2D eigenvalue weighted by atomic mass is 9.83. The Morgan fingerprint density at radius 2 is 1.83 bits per heavy atom. The molecule has 1 fully saturated rings. The molecule has 2 rings (SSSR count). The average Bonchev–Trinajstić information content (AvgIpc) is 2.36. The Balaban J connectivity index is 2.13. The van der Waals surface area contributed by atoms with E-state index in [2.05, 4.69) is 12.2 Å². The number of anilines is 1. The number of nitrogens with one attached hydrogen (secondary N) is 1. The van der Waals surface area contributed by atoms with Gasteiger partial charge in [-0.3, -0.25) is 0 Å². The minimum absolute atomic E-state index is 0.0421. The van der Waals surface area contributed by atoms with Crippen LogP contribution in [0, 0.1) is 5.92 Å². The lowest BCUT2D eigenvalue weighted by Crippen LogP contribution is -2.31.